The van der Waals surface area contributed by atoms with Crippen molar-refractivity contribution in [3.05, 3.63) is 28.2 Å². The number of aromatic amines is 1. The molecule has 6 nitrogen and oxygen atoms in total. The van der Waals surface area contributed by atoms with Crippen molar-refractivity contribution in [1.29, 1.82) is 0 Å². The summed E-state index contributed by atoms with van der Waals surface area (Å²) in [4.78, 5) is 25.9. The lowest BCUT2D eigenvalue weighted by molar-refractivity contribution is -0.137. The fourth-order valence-corrected chi connectivity index (χ4v) is 3.74. The first-order valence-corrected chi connectivity index (χ1v) is 7.77. The van der Waals surface area contributed by atoms with Crippen LogP contribution in [-0.4, -0.2) is 34.1 Å². The summed E-state index contributed by atoms with van der Waals surface area (Å²) in [6, 6.07) is 3.19. The fraction of sp³-hybridized carbons (Fsp3) is 0.667. The van der Waals surface area contributed by atoms with E-state index in [0.29, 0.717) is 12.5 Å². The molecule has 2 aliphatic rings. The minimum Gasteiger partial charge on any atom is -0.334 e. The molecule has 0 aromatic carbocycles. The Kier molecular flexibility index (Phi) is 4.05. The molecule has 2 fully saturated rings. The largest absolute Gasteiger partial charge is 0.334 e. The molecule has 0 bridgehead atoms. The topological polar surface area (TPSA) is 92.1 Å². The van der Waals surface area contributed by atoms with E-state index in [4.69, 9.17) is 5.73 Å². The zero-order chi connectivity index (χ0) is 14.8. The minimum absolute atomic E-state index is 0.00613. The molecule has 21 heavy (non-hydrogen) atoms. The predicted molar refractivity (Wildman–Crippen MR) is 78.4 cm³/mol. The van der Waals surface area contributed by atoms with Crippen molar-refractivity contribution in [2.45, 2.75) is 38.1 Å². The zero-order valence-corrected chi connectivity index (χ0v) is 12.1. The van der Waals surface area contributed by atoms with Crippen molar-refractivity contribution >= 4 is 5.91 Å². The van der Waals surface area contributed by atoms with E-state index in [1.807, 2.05) is 4.90 Å². The summed E-state index contributed by atoms with van der Waals surface area (Å²) < 4.78 is 0. The van der Waals surface area contributed by atoms with Gasteiger partial charge in [-0.25, -0.2) is 5.10 Å². The van der Waals surface area contributed by atoms with Gasteiger partial charge in [0, 0.05) is 18.5 Å². The van der Waals surface area contributed by atoms with Gasteiger partial charge in [0.1, 0.15) is 0 Å². The van der Waals surface area contributed by atoms with E-state index in [1.165, 1.54) is 6.07 Å². The summed E-state index contributed by atoms with van der Waals surface area (Å²) in [5.41, 5.74) is 6.37. The Morgan fingerprint density at radius 2 is 2.19 bits per heavy atom. The van der Waals surface area contributed by atoms with Gasteiger partial charge in [-0.1, -0.05) is 6.42 Å². The van der Waals surface area contributed by atoms with Crippen LogP contribution in [0.1, 0.15) is 43.8 Å². The first-order chi connectivity index (χ1) is 10.2. The zero-order valence-electron chi connectivity index (χ0n) is 12.1. The van der Waals surface area contributed by atoms with Crippen molar-refractivity contribution < 1.29 is 4.79 Å². The molecule has 3 rings (SSSR count). The number of nitrogens with one attached hydrogen (secondary N) is 1. The summed E-state index contributed by atoms with van der Waals surface area (Å²) in [5, 5.41) is 6.56. The van der Waals surface area contributed by atoms with E-state index in [0.717, 1.165) is 44.3 Å². The Balaban J connectivity index is 1.78. The summed E-state index contributed by atoms with van der Waals surface area (Å²) in [6.45, 7) is 1.36. The molecule has 1 aromatic heterocycles. The van der Waals surface area contributed by atoms with Crippen LogP contribution in [0.4, 0.5) is 0 Å². The number of nitrogens with two attached hydrogens (primary N) is 1. The number of rotatable bonds is 3. The van der Waals surface area contributed by atoms with Gasteiger partial charge < -0.3 is 10.6 Å². The van der Waals surface area contributed by atoms with E-state index in [-0.39, 0.29) is 23.4 Å². The standard InChI is InChI=1S/C15H22N4O2/c16-9-10-3-1-4-11(10)15(21)19-8-2-5-13(19)12-6-7-14(20)18-17-12/h6-7,10-11,13H,1-5,8-9,16H2,(H,18,20). The van der Waals surface area contributed by atoms with Crippen molar-refractivity contribution in [2.75, 3.05) is 13.1 Å². The lowest BCUT2D eigenvalue weighted by atomic mass is 9.94. The SMILES string of the molecule is NCC1CCCC1C(=O)N1CCCC1c1ccc(=O)[nH]n1. The lowest BCUT2D eigenvalue weighted by Crippen LogP contribution is -2.39. The molecule has 114 valence electrons. The second-order valence-corrected chi connectivity index (χ2v) is 6.07. The lowest BCUT2D eigenvalue weighted by Gasteiger charge is -2.29. The van der Waals surface area contributed by atoms with E-state index in [9.17, 15) is 9.59 Å². The second-order valence-electron chi connectivity index (χ2n) is 6.07. The summed E-state index contributed by atoms with van der Waals surface area (Å²) in [6.07, 6.45) is 4.99. The number of likely N-dealkylation sites (tertiary alicyclic amines) is 1. The Bertz CT molecular complexity index is 551. The number of hydrogen-bond donors (Lipinski definition) is 2. The number of aromatic nitrogens is 2. The van der Waals surface area contributed by atoms with Gasteiger partial charge in [0.05, 0.1) is 11.7 Å². The molecule has 1 aromatic rings. The highest BCUT2D eigenvalue weighted by atomic mass is 16.2. The number of amides is 1. The van der Waals surface area contributed by atoms with Gasteiger partial charge in [-0.05, 0) is 44.2 Å². The van der Waals surface area contributed by atoms with Gasteiger partial charge in [0.15, 0.2) is 0 Å². The van der Waals surface area contributed by atoms with Gasteiger partial charge in [-0.2, -0.15) is 5.10 Å². The van der Waals surface area contributed by atoms with Crippen LogP contribution in [0.15, 0.2) is 16.9 Å². The van der Waals surface area contributed by atoms with Crippen molar-refractivity contribution in [2.24, 2.45) is 17.6 Å². The van der Waals surface area contributed by atoms with E-state index < -0.39 is 0 Å². The number of carbonyl (C=O) groups excluding carboxylic acids is 1. The molecular formula is C15H22N4O2. The summed E-state index contributed by atoms with van der Waals surface area (Å²) >= 11 is 0. The highest BCUT2D eigenvalue weighted by Gasteiger charge is 2.39. The van der Waals surface area contributed by atoms with Crippen LogP contribution in [0.25, 0.3) is 0 Å². The third-order valence-corrected chi connectivity index (χ3v) is 4.86. The van der Waals surface area contributed by atoms with Crippen molar-refractivity contribution in [3.8, 4) is 0 Å². The van der Waals surface area contributed by atoms with Crippen molar-refractivity contribution in [1.82, 2.24) is 15.1 Å². The molecule has 3 unspecified atom stereocenters. The van der Waals surface area contributed by atoms with Crippen LogP contribution in [0, 0.1) is 11.8 Å². The molecule has 3 N–H and O–H groups in total. The molecule has 0 spiro atoms. The average Bonchev–Trinajstić information content (AvgIpc) is 3.16. The Morgan fingerprint density at radius 3 is 2.90 bits per heavy atom. The minimum atomic E-state index is -0.214. The molecular weight excluding hydrogens is 268 g/mol. The number of H-pyrrole nitrogens is 1. The van der Waals surface area contributed by atoms with Gasteiger partial charge in [-0.15, -0.1) is 0 Å². The molecule has 3 atom stereocenters. The predicted octanol–water partition coefficient (Wildman–Crippen LogP) is 0.808. The van der Waals surface area contributed by atoms with Crippen LogP contribution in [0.5, 0.6) is 0 Å². The van der Waals surface area contributed by atoms with Crippen LogP contribution in [-0.2, 0) is 4.79 Å². The van der Waals surface area contributed by atoms with Crippen LogP contribution in [0.3, 0.4) is 0 Å². The molecule has 1 amide bonds. The van der Waals surface area contributed by atoms with Gasteiger partial charge in [0.2, 0.25) is 5.91 Å². The Morgan fingerprint density at radius 1 is 1.33 bits per heavy atom. The molecule has 0 radical (unpaired) electrons. The molecule has 6 heteroatoms. The molecule has 1 saturated heterocycles. The number of hydrogen-bond acceptors (Lipinski definition) is 4. The van der Waals surface area contributed by atoms with Crippen LogP contribution in [0.2, 0.25) is 0 Å². The Labute approximate surface area is 123 Å². The molecule has 1 aliphatic carbocycles. The monoisotopic (exact) mass is 290 g/mol. The molecule has 1 aliphatic heterocycles. The van der Waals surface area contributed by atoms with Crippen LogP contribution >= 0.6 is 0 Å². The van der Waals surface area contributed by atoms with Gasteiger partial charge in [-0.3, -0.25) is 9.59 Å². The highest BCUT2D eigenvalue weighted by Crippen LogP contribution is 2.37. The number of carbonyl (C=O) groups is 1. The highest BCUT2D eigenvalue weighted by molar-refractivity contribution is 5.80. The summed E-state index contributed by atoms with van der Waals surface area (Å²) in [7, 11) is 0. The maximum absolute atomic E-state index is 12.8. The molecule has 2 heterocycles. The first-order valence-electron chi connectivity index (χ1n) is 7.77. The van der Waals surface area contributed by atoms with Crippen molar-refractivity contribution in [3.63, 3.8) is 0 Å². The van der Waals surface area contributed by atoms with Gasteiger partial charge in [0.25, 0.3) is 5.56 Å². The normalized spacial score (nSPS) is 29.0. The quantitative estimate of drug-likeness (QED) is 0.861. The van der Waals surface area contributed by atoms with Gasteiger partial charge >= 0.3 is 0 Å². The van der Waals surface area contributed by atoms with E-state index in [2.05, 4.69) is 10.2 Å². The van der Waals surface area contributed by atoms with E-state index in [1.54, 1.807) is 6.07 Å². The fourth-order valence-electron chi connectivity index (χ4n) is 3.74. The van der Waals surface area contributed by atoms with Crippen LogP contribution < -0.4 is 11.3 Å². The third-order valence-electron chi connectivity index (χ3n) is 4.86. The average molecular weight is 290 g/mol. The first kappa shape index (κ1) is 14.3. The maximum Gasteiger partial charge on any atom is 0.264 e. The summed E-state index contributed by atoms with van der Waals surface area (Å²) in [5.74, 6) is 0.610. The maximum atomic E-state index is 12.8. The number of nitrogens with zero attached hydrogens (tertiary/aromatic N) is 2. The Hall–Kier alpha value is -1.69. The van der Waals surface area contributed by atoms with E-state index >= 15 is 0 Å². The smallest absolute Gasteiger partial charge is 0.264 e. The second kappa shape index (κ2) is 5.97. The third kappa shape index (κ3) is 2.72. The molecule has 1 saturated carbocycles.